The molecule has 0 bridgehead atoms. The lowest BCUT2D eigenvalue weighted by atomic mass is 9.96. The molecule has 0 radical (unpaired) electrons. The lowest BCUT2D eigenvalue weighted by Gasteiger charge is -2.24. The highest BCUT2D eigenvalue weighted by Gasteiger charge is 2.19. The van der Waals surface area contributed by atoms with Crippen LogP contribution in [0.4, 0.5) is 4.39 Å². The molecule has 1 aromatic carbocycles. The van der Waals surface area contributed by atoms with E-state index < -0.39 is 6.10 Å². The molecule has 0 aliphatic rings. The Hall–Kier alpha value is -0.930. The van der Waals surface area contributed by atoms with E-state index >= 15 is 0 Å². The fourth-order valence-corrected chi connectivity index (χ4v) is 1.63. The Bertz CT molecular complexity index is 374. The van der Waals surface area contributed by atoms with Crippen molar-refractivity contribution in [2.24, 2.45) is 0 Å². The van der Waals surface area contributed by atoms with E-state index in [0.717, 1.165) is 12.0 Å². The number of aliphatic hydroxyl groups excluding tert-OH is 1. The monoisotopic (exact) mass is 240 g/mol. The smallest absolute Gasteiger partial charge is 0.126 e. The van der Waals surface area contributed by atoms with Crippen molar-refractivity contribution in [3.05, 3.63) is 35.1 Å². The van der Waals surface area contributed by atoms with Gasteiger partial charge in [-0.1, -0.05) is 12.1 Å². The summed E-state index contributed by atoms with van der Waals surface area (Å²) in [5, 5.41) is 10.0. The molecule has 0 heterocycles. The van der Waals surface area contributed by atoms with E-state index in [1.54, 1.807) is 26.2 Å². The van der Waals surface area contributed by atoms with Gasteiger partial charge < -0.3 is 9.84 Å². The fourth-order valence-electron chi connectivity index (χ4n) is 1.63. The molecule has 0 aliphatic carbocycles. The largest absolute Gasteiger partial charge is 0.388 e. The molecule has 1 aromatic rings. The third-order valence-electron chi connectivity index (χ3n) is 3.14. The molecule has 0 spiro atoms. The second kappa shape index (κ2) is 5.61. The topological polar surface area (TPSA) is 29.5 Å². The number of aliphatic hydroxyl groups is 1. The van der Waals surface area contributed by atoms with Gasteiger partial charge in [-0.25, -0.2) is 4.39 Å². The zero-order valence-corrected chi connectivity index (χ0v) is 11.0. The number of halogens is 1. The predicted octanol–water partition coefficient (Wildman–Crippen LogP) is 3.37. The minimum atomic E-state index is -0.566. The predicted molar refractivity (Wildman–Crippen MR) is 66.4 cm³/mol. The van der Waals surface area contributed by atoms with Gasteiger partial charge in [0.2, 0.25) is 0 Å². The summed E-state index contributed by atoms with van der Waals surface area (Å²) in [6.07, 6.45) is 0.788. The van der Waals surface area contributed by atoms with Crippen LogP contribution in [0.3, 0.4) is 0 Å². The quantitative estimate of drug-likeness (QED) is 0.855. The van der Waals surface area contributed by atoms with Crippen LogP contribution in [0.25, 0.3) is 0 Å². The highest BCUT2D eigenvalue weighted by atomic mass is 19.1. The molecule has 0 fully saturated rings. The SMILES string of the molecule is COC(C)(C)CCC(O)c1ccc(F)c(C)c1. The van der Waals surface area contributed by atoms with Gasteiger partial charge in [-0.2, -0.15) is 0 Å². The van der Waals surface area contributed by atoms with E-state index in [0.29, 0.717) is 12.0 Å². The molecule has 1 atom stereocenters. The van der Waals surface area contributed by atoms with Crippen molar-refractivity contribution >= 4 is 0 Å². The van der Waals surface area contributed by atoms with E-state index in [2.05, 4.69) is 0 Å². The number of hydrogen-bond acceptors (Lipinski definition) is 2. The Morgan fingerprint density at radius 3 is 2.59 bits per heavy atom. The Morgan fingerprint density at radius 2 is 2.06 bits per heavy atom. The Kier molecular flexibility index (Phi) is 4.66. The van der Waals surface area contributed by atoms with Crippen molar-refractivity contribution in [3.63, 3.8) is 0 Å². The van der Waals surface area contributed by atoms with Crippen molar-refractivity contribution in [2.75, 3.05) is 7.11 Å². The molecule has 0 saturated heterocycles. The minimum absolute atomic E-state index is 0.238. The maximum atomic E-state index is 13.1. The molecule has 1 rings (SSSR count). The third kappa shape index (κ3) is 4.10. The maximum absolute atomic E-state index is 13.1. The Labute approximate surface area is 102 Å². The summed E-state index contributed by atoms with van der Waals surface area (Å²) >= 11 is 0. The minimum Gasteiger partial charge on any atom is -0.388 e. The molecular formula is C14H21FO2. The number of aryl methyl sites for hydroxylation is 1. The van der Waals surface area contributed by atoms with Gasteiger partial charge in [-0.05, 0) is 50.8 Å². The van der Waals surface area contributed by atoms with Crippen LogP contribution in [-0.4, -0.2) is 17.8 Å². The average Bonchev–Trinajstić information content (AvgIpc) is 2.30. The molecule has 2 nitrogen and oxygen atoms in total. The maximum Gasteiger partial charge on any atom is 0.126 e. The van der Waals surface area contributed by atoms with Gasteiger partial charge in [-0.3, -0.25) is 0 Å². The number of benzene rings is 1. The first kappa shape index (κ1) is 14.1. The van der Waals surface area contributed by atoms with E-state index in [4.69, 9.17) is 4.74 Å². The van der Waals surface area contributed by atoms with Crippen LogP contribution in [0, 0.1) is 12.7 Å². The molecule has 3 heteroatoms. The molecule has 17 heavy (non-hydrogen) atoms. The van der Waals surface area contributed by atoms with Crippen LogP contribution >= 0.6 is 0 Å². The van der Waals surface area contributed by atoms with Crippen molar-refractivity contribution in [3.8, 4) is 0 Å². The van der Waals surface area contributed by atoms with Crippen molar-refractivity contribution in [2.45, 2.75) is 45.3 Å². The molecule has 0 aliphatic heterocycles. The van der Waals surface area contributed by atoms with E-state index in [1.807, 2.05) is 13.8 Å². The average molecular weight is 240 g/mol. The molecule has 1 N–H and O–H groups in total. The van der Waals surface area contributed by atoms with Gasteiger partial charge in [0.1, 0.15) is 5.82 Å². The number of methoxy groups -OCH3 is 1. The summed E-state index contributed by atoms with van der Waals surface area (Å²) in [5.41, 5.74) is 1.08. The number of rotatable bonds is 5. The van der Waals surface area contributed by atoms with Crippen LogP contribution in [0.15, 0.2) is 18.2 Å². The summed E-state index contributed by atoms with van der Waals surface area (Å²) < 4.78 is 18.4. The molecule has 1 unspecified atom stereocenters. The van der Waals surface area contributed by atoms with Gasteiger partial charge in [0.25, 0.3) is 0 Å². The van der Waals surface area contributed by atoms with Crippen molar-refractivity contribution < 1.29 is 14.2 Å². The van der Waals surface area contributed by atoms with Gasteiger partial charge in [0, 0.05) is 7.11 Å². The van der Waals surface area contributed by atoms with Gasteiger partial charge in [-0.15, -0.1) is 0 Å². The normalized spacial score (nSPS) is 13.8. The summed E-state index contributed by atoms with van der Waals surface area (Å²) in [6.45, 7) is 5.66. The van der Waals surface area contributed by atoms with Crippen LogP contribution < -0.4 is 0 Å². The van der Waals surface area contributed by atoms with Crippen molar-refractivity contribution in [1.82, 2.24) is 0 Å². The van der Waals surface area contributed by atoms with Gasteiger partial charge in [0.15, 0.2) is 0 Å². The van der Waals surface area contributed by atoms with E-state index in [1.165, 1.54) is 6.07 Å². The van der Waals surface area contributed by atoms with Crippen LogP contribution in [-0.2, 0) is 4.74 Å². The Balaban J connectivity index is 2.64. The zero-order valence-electron chi connectivity index (χ0n) is 11.0. The molecule has 0 amide bonds. The standard InChI is InChI=1S/C14H21FO2/c1-10-9-11(5-6-12(10)15)13(16)7-8-14(2,3)17-4/h5-6,9,13,16H,7-8H2,1-4H3. The number of hydrogen-bond donors (Lipinski definition) is 1. The first-order valence-electron chi connectivity index (χ1n) is 5.85. The zero-order chi connectivity index (χ0) is 13.1. The summed E-state index contributed by atoms with van der Waals surface area (Å²) in [7, 11) is 1.66. The molecule has 96 valence electrons. The van der Waals surface area contributed by atoms with Gasteiger partial charge >= 0.3 is 0 Å². The first-order chi connectivity index (χ1) is 7.85. The van der Waals surface area contributed by atoms with E-state index in [9.17, 15) is 9.50 Å². The Morgan fingerprint density at radius 1 is 1.41 bits per heavy atom. The van der Waals surface area contributed by atoms with Crippen LogP contribution in [0.2, 0.25) is 0 Å². The second-order valence-electron chi connectivity index (χ2n) is 5.03. The van der Waals surface area contributed by atoms with Crippen molar-refractivity contribution in [1.29, 1.82) is 0 Å². The summed E-state index contributed by atoms with van der Waals surface area (Å²) in [6, 6.07) is 4.72. The highest BCUT2D eigenvalue weighted by molar-refractivity contribution is 5.25. The molecule has 0 aromatic heterocycles. The van der Waals surface area contributed by atoms with E-state index in [-0.39, 0.29) is 11.4 Å². The fraction of sp³-hybridized carbons (Fsp3) is 0.571. The summed E-state index contributed by atoms with van der Waals surface area (Å²) in [4.78, 5) is 0. The highest BCUT2D eigenvalue weighted by Crippen LogP contribution is 2.25. The summed E-state index contributed by atoms with van der Waals surface area (Å²) in [5.74, 6) is -0.238. The third-order valence-corrected chi connectivity index (χ3v) is 3.14. The molecular weight excluding hydrogens is 219 g/mol. The van der Waals surface area contributed by atoms with Crippen LogP contribution in [0.1, 0.15) is 43.9 Å². The lowest BCUT2D eigenvalue weighted by molar-refractivity contribution is 0.00278. The first-order valence-corrected chi connectivity index (χ1v) is 5.85. The van der Waals surface area contributed by atoms with Crippen LogP contribution in [0.5, 0.6) is 0 Å². The molecule has 0 saturated carbocycles. The number of ether oxygens (including phenoxy) is 1. The second-order valence-corrected chi connectivity index (χ2v) is 5.03. The van der Waals surface area contributed by atoms with Gasteiger partial charge in [0.05, 0.1) is 11.7 Å². The lowest BCUT2D eigenvalue weighted by Crippen LogP contribution is -2.23.